The van der Waals surface area contributed by atoms with Crippen LogP contribution in [0.5, 0.6) is 0 Å². The average molecular weight is 279 g/mol. The van der Waals surface area contributed by atoms with E-state index in [2.05, 4.69) is 22.2 Å². The SMILES string of the molecule is CCCn1nc(C)c(N)c1N1CCC(NC(C)=O)CC1. The highest BCUT2D eigenvalue weighted by molar-refractivity contribution is 5.73. The number of amides is 1. The van der Waals surface area contributed by atoms with Gasteiger partial charge in [-0.2, -0.15) is 5.10 Å². The molecule has 0 saturated carbocycles. The number of carbonyl (C=O) groups excluding carboxylic acids is 1. The summed E-state index contributed by atoms with van der Waals surface area (Å²) in [5, 5.41) is 7.52. The third-order valence-corrected chi connectivity index (χ3v) is 3.78. The lowest BCUT2D eigenvalue weighted by atomic mass is 10.0. The number of nitrogen functional groups attached to an aromatic ring is 1. The van der Waals surface area contributed by atoms with Crippen molar-refractivity contribution in [2.45, 2.75) is 52.6 Å². The van der Waals surface area contributed by atoms with Crippen molar-refractivity contribution in [1.82, 2.24) is 15.1 Å². The summed E-state index contributed by atoms with van der Waals surface area (Å²) in [6.45, 7) is 8.37. The molecule has 0 aromatic carbocycles. The van der Waals surface area contributed by atoms with Gasteiger partial charge in [-0.15, -0.1) is 0 Å². The molecule has 1 aliphatic rings. The maximum atomic E-state index is 11.1. The largest absolute Gasteiger partial charge is 0.394 e. The van der Waals surface area contributed by atoms with Gasteiger partial charge in [0.25, 0.3) is 0 Å². The third-order valence-electron chi connectivity index (χ3n) is 3.78. The molecule has 1 fully saturated rings. The lowest BCUT2D eigenvalue weighted by molar-refractivity contribution is -0.119. The quantitative estimate of drug-likeness (QED) is 0.870. The lowest BCUT2D eigenvalue weighted by Gasteiger charge is -2.34. The summed E-state index contributed by atoms with van der Waals surface area (Å²) in [7, 11) is 0. The second-order valence-corrected chi connectivity index (χ2v) is 5.51. The molecule has 0 atom stereocenters. The van der Waals surface area contributed by atoms with Crippen LogP contribution in [0.4, 0.5) is 11.5 Å². The molecule has 1 saturated heterocycles. The van der Waals surface area contributed by atoms with Crippen LogP contribution >= 0.6 is 0 Å². The molecule has 1 amide bonds. The minimum atomic E-state index is 0.0508. The predicted molar refractivity (Wildman–Crippen MR) is 80.7 cm³/mol. The highest BCUT2D eigenvalue weighted by atomic mass is 16.1. The maximum absolute atomic E-state index is 11.1. The fraction of sp³-hybridized carbons (Fsp3) is 0.714. The number of anilines is 2. The van der Waals surface area contributed by atoms with Crippen molar-refractivity contribution >= 4 is 17.4 Å². The molecular formula is C14H25N5O. The zero-order valence-corrected chi connectivity index (χ0v) is 12.6. The number of rotatable bonds is 4. The molecule has 6 nitrogen and oxygen atoms in total. The molecule has 0 radical (unpaired) electrons. The van der Waals surface area contributed by atoms with Gasteiger partial charge in [0.15, 0.2) is 5.82 Å². The van der Waals surface area contributed by atoms with Crippen molar-refractivity contribution in [2.75, 3.05) is 23.7 Å². The van der Waals surface area contributed by atoms with E-state index in [9.17, 15) is 4.79 Å². The minimum Gasteiger partial charge on any atom is -0.394 e. The van der Waals surface area contributed by atoms with E-state index < -0.39 is 0 Å². The first-order valence-electron chi connectivity index (χ1n) is 7.37. The Hall–Kier alpha value is -1.72. The summed E-state index contributed by atoms with van der Waals surface area (Å²) >= 11 is 0. The van der Waals surface area contributed by atoms with E-state index in [4.69, 9.17) is 5.73 Å². The van der Waals surface area contributed by atoms with Gasteiger partial charge in [0.1, 0.15) is 0 Å². The van der Waals surface area contributed by atoms with Crippen LogP contribution in [0.3, 0.4) is 0 Å². The standard InChI is InChI=1S/C14H25N5O/c1-4-7-19-14(13(15)10(2)17-19)18-8-5-12(6-9-18)16-11(3)20/h12H,4-9,15H2,1-3H3,(H,16,20). The molecule has 1 aliphatic heterocycles. The normalized spacial score (nSPS) is 16.4. The Kier molecular flexibility index (Phi) is 4.52. The molecule has 1 aromatic rings. The second kappa shape index (κ2) is 6.15. The summed E-state index contributed by atoms with van der Waals surface area (Å²) in [6.07, 6.45) is 2.95. The number of piperidine rings is 1. The van der Waals surface area contributed by atoms with Gasteiger partial charge in [0, 0.05) is 32.6 Å². The van der Waals surface area contributed by atoms with E-state index in [1.165, 1.54) is 0 Å². The molecule has 0 spiro atoms. The molecule has 1 aromatic heterocycles. The van der Waals surface area contributed by atoms with E-state index in [0.717, 1.165) is 56.1 Å². The molecule has 2 heterocycles. The number of nitrogens with two attached hydrogens (primary N) is 1. The first-order chi connectivity index (χ1) is 9.52. The second-order valence-electron chi connectivity index (χ2n) is 5.51. The van der Waals surface area contributed by atoms with E-state index in [-0.39, 0.29) is 11.9 Å². The Labute approximate surface area is 120 Å². The summed E-state index contributed by atoms with van der Waals surface area (Å²) in [6, 6.07) is 0.286. The predicted octanol–water partition coefficient (Wildman–Crippen LogP) is 1.29. The summed E-state index contributed by atoms with van der Waals surface area (Å²) < 4.78 is 2.02. The van der Waals surface area contributed by atoms with Crippen LogP contribution in [0.1, 0.15) is 38.8 Å². The minimum absolute atomic E-state index is 0.0508. The molecule has 0 aliphatic carbocycles. The van der Waals surface area contributed by atoms with Crippen LogP contribution in [-0.4, -0.2) is 34.8 Å². The van der Waals surface area contributed by atoms with Gasteiger partial charge in [0.2, 0.25) is 5.91 Å². The van der Waals surface area contributed by atoms with Crippen molar-refractivity contribution < 1.29 is 4.79 Å². The number of hydrogen-bond donors (Lipinski definition) is 2. The Morgan fingerprint density at radius 2 is 2.10 bits per heavy atom. The van der Waals surface area contributed by atoms with Crippen molar-refractivity contribution in [1.29, 1.82) is 0 Å². The molecule has 3 N–H and O–H groups in total. The Balaban J connectivity index is 2.08. The van der Waals surface area contributed by atoms with Crippen molar-refractivity contribution in [3.8, 4) is 0 Å². The molecule has 6 heteroatoms. The first kappa shape index (κ1) is 14.7. The van der Waals surface area contributed by atoms with Gasteiger partial charge in [-0.05, 0) is 26.2 Å². The van der Waals surface area contributed by atoms with Crippen molar-refractivity contribution in [3.63, 3.8) is 0 Å². The fourth-order valence-corrected chi connectivity index (χ4v) is 2.81. The number of nitrogens with zero attached hydrogens (tertiary/aromatic N) is 3. The molecular weight excluding hydrogens is 254 g/mol. The smallest absolute Gasteiger partial charge is 0.217 e. The fourth-order valence-electron chi connectivity index (χ4n) is 2.81. The first-order valence-corrected chi connectivity index (χ1v) is 7.37. The van der Waals surface area contributed by atoms with Gasteiger partial charge < -0.3 is 16.0 Å². The lowest BCUT2D eigenvalue weighted by Crippen LogP contribution is -2.44. The Morgan fingerprint density at radius 3 is 2.65 bits per heavy atom. The van der Waals surface area contributed by atoms with Crippen LogP contribution in [0.15, 0.2) is 0 Å². The van der Waals surface area contributed by atoms with Crippen LogP contribution < -0.4 is 16.0 Å². The van der Waals surface area contributed by atoms with Crippen LogP contribution in [0, 0.1) is 6.92 Å². The third kappa shape index (κ3) is 3.05. The number of carbonyl (C=O) groups is 1. The molecule has 112 valence electrons. The number of nitrogens with one attached hydrogen (secondary N) is 1. The summed E-state index contributed by atoms with van der Waals surface area (Å²) in [5.41, 5.74) is 7.87. The molecule has 0 unspecified atom stereocenters. The van der Waals surface area contributed by atoms with Gasteiger partial charge >= 0.3 is 0 Å². The van der Waals surface area contributed by atoms with E-state index in [0.29, 0.717) is 0 Å². The highest BCUT2D eigenvalue weighted by Crippen LogP contribution is 2.29. The highest BCUT2D eigenvalue weighted by Gasteiger charge is 2.24. The van der Waals surface area contributed by atoms with Crippen LogP contribution in [-0.2, 0) is 11.3 Å². The Bertz CT molecular complexity index is 474. The van der Waals surface area contributed by atoms with Crippen LogP contribution in [0.25, 0.3) is 0 Å². The monoisotopic (exact) mass is 279 g/mol. The summed E-state index contributed by atoms with van der Waals surface area (Å²) in [4.78, 5) is 13.4. The maximum Gasteiger partial charge on any atom is 0.217 e. The van der Waals surface area contributed by atoms with E-state index >= 15 is 0 Å². The molecule has 2 rings (SSSR count). The number of aromatic nitrogens is 2. The van der Waals surface area contributed by atoms with Gasteiger partial charge in [0.05, 0.1) is 11.4 Å². The van der Waals surface area contributed by atoms with E-state index in [1.807, 2.05) is 11.6 Å². The zero-order valence-electron chi connectivity index (χ0n) is 12.6. The Morgan fingerprint density at radius 1 is 1.45 bits per heavy atom. The summed E-state index contributed by atoms with van der Waals surface area (Å²) in [5.74, 6) is 1.10. The van der Waals surface area contributed by atoms with Gasteiger partial charge in [-0.1, -0.05) is 6.92 Å². The zero-order chi connectivity index (χ0) is 14.7. The van der Waals surface area contributed by atoms with Crippen molar-refractivity contribution in [3.05, 3.63) is 5.69 Å². The molecule has 20 heavy (non-hydrogen) atoms. The average Bonchev–Trinajstić information content (AvgIpc) is 2.66. The van der Waals surface area contributed by atoms with E-state index in [1.54, 1.807) is 6.92 Å². The number of hydrogen-bond acceptors (Lipinski definition) is 4. The van der Waals surface area contributed by atoms with Crippen molar-refractivity contribution in [2.24, 2.45) is 0 Å². The number of aryl methyl sites for hydroxylation is 2. The topological polar surface area (TPSA) is 76.2 Å². The van der Waals surface area contributed by atoms with Gasteiger partial charge in [-0.25, -0.2) is 4.68 Å². The molecule has 0 bridgehead atoms. The van der Waals surface area contributed by atoms with Gasteiger partial charge in [-0.3, -0.25) is 4.79 Å². The van der Waals surface area contributed by atoms with Crippen LogP contribution in [0.2, 0.25) is 0 Å².